The van der Waals surface area contributed by atoms with Crippen molar-refractivity contribution < 1.29 is 14.3 Å². The van der Waals surface area contributed by atoms with E-state index in [2.05, 4.69) is 4.98 Å². The molecule has 1 aromatic heterocycles. The fraction of sp³-hybridized carbons (Fsp3) is 0.333. The lowest BCUT2D eigenvalue weighted by atomic mass is 10.2. The van der Waals surface area contributed by atoms with Crippen LogP contribution >= 0.6 is 0 Å². The van der Waals surface area contributed by atoms with Gasteiger partial charge in [0.25, 0.3) is 0 Å². The molecule has 2 aromatic rings. The monoisotopic (exact) mass is 299 g/mol. The third-order valence-corrected chi connectivity index (χ3v) is 2.82. The quantitative estimate of drug-likeness (QED) is 0.792. The first kappa shape index (κ1) is 16.0. The van der Waals surface area contributed by atoms with Crippen molar-refractivity contribution in [3.63, 3.8) is 0 Å². The Morgan fingerprint density at radius 3 is 2.50 bits per heavy atom. The number of esters is 1. The fourth-order valence-electron chi connectivity index (χ4n) is 1.94. The number of carbonyl (C=O) groups is 1. The van der Waals surface area contributed by atoms with Gasteiger partial charge in [0.15, 0.2) is 0 Å². The Kier molecular flexibility index (Phi) is 5.15. The summed E-state index contributed by atoms with van der Waals surface area (Å²) in [4.78, 5) is 16.2. The molecule has 0 aliphatic heterocycles. The normalized spacial score (nSPS) is 11.0. The van der Waals surface area contributed by atoms with E-state index in [0.29, 0.717) is 18.1 Å². The molecular weight excluding hydrogens is 278 g/mol. The SMILES string of the molecule is CC(C)(C)OC(=O)Cc1ncccc1OCc1ccccc1. The zero-order valence-electron chi connectivity index (χ0n) is 13.2. The number of hydrogen-bond donors (Lipinski definition) is 0. The van der Waals surface area contributed by atoms with Crippen molar-refractivity contribution in [3.8, 4) is 5.75 Å². The molecule has 4 nitrogen and oxygen atoms in total. The predicted octanol–water partition coefficient (Wildman–Crippen LogP) is 3.54. The Morgan fingerprint density at radius 1 is 1.09 bits per heavy atom. The minimum Gasteiger partial charge on any atom is -0.487 e. The molecule has 0 N–H and O–H groups in total. The maximum absolute atomic E-state index is 11.9. The zero-order chi connectivity index (χ0) is 16.0. The highest BCUT2D eigenvalue weighted by atomic mass is 16.6. The van der Waals surface area contributed by atoms with Gasteiger partial charge in [-0.1, -0.05) is 30.3 Å². The Balaban J connectivity index is 2.02. The predicted molar refractivity (Wildman–Crippen MR) is 84.6 cm³/mol. The van der Waals surface area contributed by atoms with Gasteiger partial charge in [0.05, 0.1) is 12.1 Å². The van der Waals surface area contributed by atoms with Crippen molar-refractivity contribution >= 4 is 5.97 Å². The molecule has 0 spiro atoms. The second-order valence-corrected chi connectivity index (χ2v) is 5.99. The smallest absolute Gasteiger partial charge is 0.312 e. The Hall–Kier alpha value is -2.36. The van der Waals surface area contributed by atoms with Crippen molar-refractivity contribution in [2.24, 2.45) is 0 Å². The lowest BCUT2D eigenvalue weighted by Gasteiger charge is -2.19. The van der Waals surface area contributed by atoms with E-state index in [4.69, 9.17) is 9.47 Å². The lowest BCUT2D eigenvalue weighted by Crippen LogP contribution is -2.25. The summed E-state index contributed by atoms with van der Waals surface area (Å²) in [6.45, 7) is 5.97. The summed E-state index contributed by atoms with van der Waals surface area (Å²) >= 11 is 0. The van der Waals surface area contributed by atoms with Gasteiger partial charge in [-0.05, 0) is 38.5 Å². The van der Waals surface area contributed by atoms with E-state index < -0.39 is 5.60 Å². The highest BCUT2D eigenvalue weighted by molar-refractivity contribution is 5.73. The summed E-state index contributed by atoms with van der Waals surface area (Å²) in [5.74, 6) is 0.299. The summed E-state index contributed by atoms with van der Waals surface area (Å²) in [5.41, 5.74) is 1.15. The van der Waals surface area contributed by atoms with Crippen molar-refractivity contribution in [3.05, 3.63) is 59.9 Å². The van der Waals surface area contributed by atoms with Crippen molar-refractivity contribution in [2.75, 3.05) is 0 Å². The second-order valence-electron chi connectivity index (χ2n) is 5.99. The first-order chi connectivity index (χ1) is 10.4. The number of hydrogen-bond acceptors (Lipinski definition) is 4. The molecule has 2 rings (SSSR count). The van der Waals surface area contributed by atoms with Gasteiger partial charge in [0, 0.05) is 6.20 Å². The molecule has 1 aromatic carbocycles. The average Bonchev–Trinajstić information content (AvgIpc) is 2.45. The Morgan fingerprint density at radius 2 is 1.82 bits per heavy atom. The maximum atomic E-state index is 11.9. The van der Waals surface area contributed by atoms with Crippen LogP contribution in [-0.2, 0) is 22.6 Å². The molecule has 0 amide bonds. The molecule has 0 bridgehead atoms. The zero-order valence-corrected chi connectivity index (χ0v) is 13.2. The Bertz CT molecular complexity index is 618. The number of benzene rings is 1. The molecule has 1 heterocycles. The van der Waals surface area contributed by atoms with E-state index in [1.54, 1.807) is 12.3 Å². The first-order valence-electron chi connectivity index (χ1n) is 7.26. The molecule has 0 saturated carbocycles. The van der Waals surface area contributed by atoms with E-state index >= 15 is 0 Å². The Labute approximate surface area is 131 Å². The summed E-state index contributed by atoms with van der Waals surface area (Å²) in [7, 11) is 0. The van der Waals surface area contributed by atoms with E-state index in [1.165, 1.54) is 0 Å². The summed E-state index contributed by atoms with van der Waals surface area (Å²) < 4.78 is 11.1. The molecule has 0 radical (unpaired) electrons. The number of nitrogens with zero attached hydrogens (tertiary/aromatic N) is 1. The van der Waals surface area contributed by atoms with Crippen LogP contribution in [0.3, 0.4) is 0 Å². The van der Waals surface area contributed by atoms with Crippen LogP contribution in [0.25, 0.3) is 0 Å². The first-order valence-corrected chi connectivity index (χ1v) is 7.26. The third kappa shape index (κ3) is 5.20. The van der Waals surface area contributed by atoms with Crippen molar-refractivity contribution in [2.45, 2.75) is 39.4 Å². The standard InChI is InChI=1S/C18H21NO3/c1-18(2,3)22-17(20)12-15-16(10-7-11-19-15)21-13-14-8-5-4-6-9-14/h4-11H,12-13H2,1-3H3. The maximum Gasteiger partial charge on any atom is 0.312 e. The number of ether oxygens (including phenoxy) is 2. The van der Waals surface area contributed by atoms with Crippen LogP contribution < -0.4 is 4.74 Å². The van der Waals surface area contributed by atoms with Gasteiger partial charge in [-0.3, -0.25) is 9.78 Å². The van der Waals surface area contributed by atoms with Crippen LogP contribution in [0.1, 0.15) is 32.0 Å². The third-order valence-electron chi connectivity index (χ3n) is 2.82. The highest BCUT2D eigenvalue weighted by Gasteiger charge is 2.18. The highest BCUT2D eigenvalue weighted by Crippen LogP contribution is 2.19. The second kappa shape index (κ2) is 7.07. The van der Waals surface area contributed by atoms with Gasteiger partial charge in [0.2, 0.25) is 0 Å². The molecule has 4 heteroatoms. The fourth-order valence-corrected chi connectivity index (χ4v) is 1.94. The van der Waals surface area contributed by atoms with Gasteiger partial charge in [-0.15, -0.1) is 0 Å². The van der Waals surface area contributed by atoms with Gasteiger partial charge in [-0.2, -0.15) is 0 Å². The van der Waals surface area contributed by atoms with Crippen LogP contribution in [0, 0.1) is 0 Å². The number of carbonyl (C=O) groups excluding carboxylic acids is 1. The van der Waals surface area contributed by atoms with Gasteiger partial charge in [0.1, 0.15) is 18.0 Å². The molecule has 0 unspecified atom stereocenters. The van der Waals surface area contributed by atoms with Crippen LogP contribution in [0.4, 0.5) is 0 Å². The van der Waals surface area contributed by atoms with Crippen LogP contribution in [0.5, 0.6) is 5.75 Å². The summed E-state index contributed by atoms with van der Waals surface area (Å²) in [5, 5.41) is 0. The average molecular weight is 299 g/mol. The minimum absolute atomic E-state index is 0.0994. The van der Waals surface area contributed by atoms with E-state index in [9.17, 15) is 4.79 Å². The van der Waals surface area contributed by atoms with Gasteiger partial charge in [-0.25, -0.2) is 0 Å². The molecule has 116 valence electrons. The molecule has 0 fully saturated rings. The summed E-state index contributed by atoms with van der Waals surface area (Å²) in [6.07, 6.45) is 1.75. The number of pyridine rings is 1. The van der Waals surface area contributed by atoms with Crippen LogP contribution in [-0.4, -0.2) is 16.6 Å². The molecule has 0 saturated heterocycles. The van der Waals surface area contributed by atoms with Crippen LogP contribution in [0.15, 0.2) is 48.7 Å². The van der Waals surface area contributed by atoms with Gasteiger partial charge >= 0.3 is 5.97 Å². The largest absolute Gasteiger partial charge is 0.487 e. The minimum atomic E-state index is -0.503. The van der Waals surface area contributed by atoms with Crippen molar-refractivity contribution in [1.82, 2.24) is 4.98 Å². The number of rotatable bonds is 5. The van der Waals surface area contributed by atoms with Gasteiger partial charge < -0.3 is 9.47 Å². The molecule has 0 aliphatic rings. The van der Waals surface area contributed by atoms with E-state index in [1.807, 2.05) is 57.2 Å². The van der Waals surface area contributed by atoms with Crippen LogP contribution in [0.2, 0.25) is 0 Å². The topological polar surface area (TPSA) is 48.4 Å². The van der Waals surface area contributed by atoms with Crippen molar-refractivity contribution in [1.29, 1.82) is 0 Å². The van der Waals surface area contributed by atoms with E-state index in [0.717, 1.165) is 5.56 Å². The molecule has 22 heavy (non-hydrogen) atoms. The lowest BCUT2D eigenvalue weighted by molar-refractivity contribution is -0.154. The summed E-state index contributed by atoms with van der Waals surface area (Å²) in [6, 6.07) is 13.5. The van der Waals surface area contributed by atoms with E-state index in [-0.39, 0.29) is 12.4 Å². The molecular formula is C18H21NO3. The molecule has 0 atom stereocenters. The number of aromatic nitrogens is 1. The molecule has 0 aliphatic carbocycles.